The summed E-state index contributed by atoms with van der Waals surface area (Å²) >= 11 is 4.52. The van der Waals surface area contributed by atoms with Gasteiger partial charge in [-0.2, -0.15) is 13.2 Å². The molecule has 1 aromatic rings. The number of hydrogen-bond acceptors (Lipinski definition) is 6. The van der Waals surface area contributed by atoms with Gasteiger partial charge in [0.25, 0.3) is 5.66 Å². The molecule has 2 aliphatic heterocycles. The van der Waals surface area contributed by atoms with Crippen molar-refractivity contribution in [2.45, 2.75) is 37.6 Å². The van der Waals surface area contributed by atoms with Crippen LogP contribution < -0.4 is 0 Å². The Labute approximate surface area is 147 Å². The highest BCUT2D eigenvalue weighted by atomic mass is 79.9. The van der Waals surface area contributed by atoms with E-state index < -0.39 is 29.8 Å². The predicted molar refractivity (Wildman–Crippen MR) is 82.9 cm³/mol. The van der Waals surface area contributed by atoms with Crippen LogP contribution >= 0.6 is 27.3 Å². The van der Waals surface area contributed by atoms with Crippen molar-refractivity contribution in [2.24, 2.45) is 16.1 Å². The first-order valence-electron chi connectivity index (χ1n) is 7.26. The molecular formula is C13H14BrF3N4O2S. The number of thiazole rings is 1. The van der Waals surface area contributed by atoms with Crippen molar-refractivity contribution in [1.29, 1.82) is 0 Å². The Balaban J connectivity index is 1.85. The normalized spacial score (nSPS) is 24.8. The smallest absolute Gasteiger partial charge is 0.438 e. The van der Waals surface area contributed by atoms with Crippen molar-refractivity contribution in [3.63, 3.8) is 0 Å². The number of rotatable bonds is 4. The van der Waals surface area contributed by atoms with E-state index in [1.807, 2.05) is 0 Å². The van der Waals surface area contributed by atoms with E-state index in [4.69, 9.17) is 0 Å². The average Bonchev–Trinajstić information content (AvgIpc) is 3.22. The summed E-state index contributed by atoms with van der Waals surface area (Å²) in [5, 5.41) is 16.1. The van der Waals surface area contributed by atoms with Crippen molar-refractivity contribution in [3.8, 4) is 0 Å². The maximum absolute atomic E-state index is 13.2. The third-order valence-electron chi connectivity index (χ3n) is 4.42. The standard InChI is InChI=1S/C13H14BrF3N4O2S/c1-6-8(18-11(14)24-6)9(10(22)23)21-4-2-3-7(5-21)12(19-20-12)13(15,16)17/h7,9H,2-5H2,1H3,(H,22,23). The van der Waals surface area contributed by atoms with Gasteiger partial charge < -0.3 is 5.11 Å². The van der Waals surface area contributed by atoms with Gasteiger partial charge in [0.1, 0.15) is 0 Å². The van der Waals surface area contributed by atoms with Crippen molar-refractivity contribution >= 4 is 33.2 Å². The number of nitrogens with zero attached hydrogens (tertiary/aromatic N) is 4. The molecule has 3 heterocycles. The van der Waals surface area contributed by atoms with Gasteiger partial charge in [-0.15, -0.1) is 21.6 Å². The monoisotopic (exact) mass is 426 g/mol. The first kappa shape index (κ1) is 17.7. The van der Waals surface area contributed by atoms with Gasteiger partial charge in [0.15, 0.2) is 9.96 Å². The Morgan fingerprint density at radius 3 is 2.62 bits per heavy atom. The molecule has 6 nitrogen and oxygen atoms in total. The van der Waals surface area contributed by atoms with Crippen LogP contribution in [0.2, 0.25) is 0 Å². The maximum Gasteiger partial charge on any atom is 0.438 e. The van der Waals surface area contributed by atoms with Crippen LogP contribution in [0, 0.1) is 12.8 Å². The summed E-state index contributed by atoms with van der Waals surface area (Å²) in [5.41, 5.74) is -1.99. The van der Waals surface area contributed by atoms with E-state index in [-0.39, 0.29) is 6.54 Å². The summed E-state index contributed by atoms with van der Waals surface area (Å²) in [6, 6.07) is -1.07. The topological polar surface area (TPSA) is 78.1 Å². The molecular weight excluding hydrogens is 413 g/mol. The number of carboxylic acids is 1. The fourth-order valence-corrected chi connectivity index (χ4v) is 4.78. The number of aromatic nitrogens is 1. The van der Waals surface area contributed by atoms with Crippen LogP contribution in [0.3, 0.4) is 0 Å². The SMILES string of the molecule is Cc1sc(Br)nc1C(C(=O)O)N1CCCC(C2(C(F)(F)F)N=N2)C1. The molecule has 0 bridgehead atoms. The van der Waals surface area contributed by atoms with Gasteiger partial charge in [0.2, 0.25) is 0 Å². The number of aryl methyl sites for hydroxylation is 1. The Hall–Kier alpha value is -1.07. The van der Waals surface area contributed by atoms with Gasteiger partial charge in [-0.25, -0.2) is 4.98 Å². The molecule has 2 aliphatic rings. The van der Waals surface area contributed by atoms with Crippen LogP contribution in [0.4, 0.5) is 13.2 Å². The average molecular weight is 427 g/mol. The van der Waals surface area contributed by atoms with Crippen LogP contribution in [0.15, 0.2) is 14.1 Å². The number of hydrogen-bond donors (Lipinski definition) is 1. The lowest BCUT2D eigenvalue weighted by Crippen LogP contribution is -2.50. The number of halogens is 4. The number of aliphatic carboxylic acids is 1. The molecule has 1 aromatic heterocycles. The largest absolute Gasteiger partial charge is 0.480 e. The molecule has 1 fully saturated rings. The third-order valence-corrected chi connectivity index (χ3v) is 5.86. The van der Waals surface area contributed by atoms with E-state index in [1.165, 1.54) is 11.3 Å². The zero-order valence-electron chi connectivity index (χ0n) is 12.5. The second-order valence-corrected chi connectivity index (χ2v) is 8.39. The van der Waals surface area contributed by atoms with Crippen LogP contribution in [0.1, 0.15) is 29.5 Å². The summed E-state index contributed by atoms with van der Waals surface area (Å²) in [6.45, 7) is 2.12. The molecule has 2 atom stereocenters. The summed E-state index contributed by atoms with van der Waals surface area (Å²) in [6.07, 6.45) is -3.77. The molecule has 0 spiro atoms. The second-order valence-electron chi connectivity index (χ2n) is 5.91. The van der Waals surface area contributed by atoms with E-state index >= 15 is 0 Å². The van der Waals surface area contributed by atoms with E-state index in [2.05, 4.69) is 31.1 Å². The minimum absolute atomic E-state index is 0.0297. The minimum atomic E-state index is -4.54. The zero-order chi connectivity index (χ0) is 17.7. The van der Waals surface area contributed by atoms with Crippen LogP contribution in [-0.2, 0) is 4.79 Å². The van der Waals surface area contributed by atoms with Gasteiger partial charge in [-0.3, -0.25) is 9.69 Å². The molecule has 1 saturated heterocycles. The number of alkyl halides is 3. The number of carbonyl (C=O) groups is 1. The highest BCUT2D eigenvalue weighted by Crippen LogP contribution is 2.52. The molecule has 0 aliphatic carbocycles. The second kappa shape index (κ2) is 6.03. The van der Waals surface area contributed by atoms with Crippen LogP contribution in [0.5, 0.6) is 0 Å². The Morgan fingerprint density at radius 1 is 1.50 bits per heavy atom. The van der Waals surface area contributed by atoms with E-state index in [0.717, 1.165) is 4.88 Å². The first-order chi connectivity index (χ1) is 11.2. The molecule has 0 radical (unpaired) electrons. The van der Waals surface area contributed by atoms with Crippen molar-refractivity contribution in [2.75, 3.05) is 13.1 Å². The Bertz CT molecular complexity index is 687. The van der Waals surface area contributed by atoms with Gasteiger partial charge in [-0.1, -0.05) is 0 Å². The van der Waals surface area contributed by atoms with Gasteiger partial charge >= 0.3 is 12.1 Å². The summed E-state index contributed by atoms with van der Waals surface area (Å²) < 4.78 is 40.2. The Kier molecular flexibility index (Phi) is 4.45. The van der Waals surface area contributed by atoms with Crippen LogP contribution in [0.25, 0.3) is 0 Å². The molecule has 24 heavy (non-hydrogen) atoms. The zero-order valence-corrected chi connectivity index (χ0v) is 15.0. The lowest BCUT2D eigenvalue weighted by atomic mass is 9.86. The quantitative estimate of drug-likeness (QED) is 0.794. The lowest BCUT2D eigenvalue weighted by Gasteiger charge is -2.38. The van der Waals surface area contributed by atoms with Crippen molar-refractivity contribution < 1.29 is 23.1 Å². The third kappa shape index (κ3) is 2.97. The molecule has 11 heteroatoms. The lowest BCUT2D eigenvalue weighted by molar-refractivity contribution is -0.182. The molecule has 0 aromatic carbocycles. The fraction of sp³-hybridized carbons (Fsp3) is 0.692. The first-order valence-corrected chi connectivity index (χ1v) is 8.87. The number of likely N-dealkylation sites (tertiary alicyclic amines) is 1. The maximum atomic E-state index is 13.2. The molecule has 132 valence electrons. The highest BCUT2D eigenvalue weighted by Gasteiger charge is 2.68. The van der Waals surface area contributed by atoms with E-state index in [0.29, 0.717) is 29.0 Å². The highest BCUT2D eigenvalue weighted by molar-refractivity contribution is 9.11. The van der Waals surface area contributed by atoms with Crippen molar-refractivity contribution in [3.05, 3.63) is 14.5 Å². The summed E-state index contributed by atoms with van der Waals surface area (Å²) in [7, 11) is 0. The fourth-order valence-electron chi connectivity index (χ4n) is 3.21. The number of carboxylic acid groups (broad SMARTS) is 1. The molecule has 0 saturated carbocycles. The summed E-state index contributed by atoms with van der Waals surface area (Å²) in [5.74, 6) is -1.99. The van der Waals surface area contributed by atoms with Crippen molar-refractivity contribution in [1.82, 2.24) is 9.88 Å². The van der Waals surface area contributed by atoms with Gasteiger partial charge in [0.05, 0.1) is 5.69 Å². The molecule has 1 N–H and O–H groups in total. The summed E-state index contributed by atoms with van der Waals surface area (Å²) in [4.78, 5) is 18.2. The van der Waals surface area contributed by atoms with Gasteiger partial charge in [0, 0.05) is 17.3 Å². The number of piperidine rings is 1. The predicted octanol–water partition coefficient (Wildman–Crippen LogP) is 3.78. The van der Waals surface area contributed by atoms with E-state index in [1.54, 1.807) is 11.8 Å². The Morgan fingerprint density at radius 2 is 2.17 bits per heavy atom. The minimum Gasteiger partial charge on any atom is -0.480 e. The van der Waals surface area contributed by atoms with E-state index in [9.17, 15) is 23.1 Å². The molecule has 2 unspecified atom stereocenters. The molecule has 3 rings (SSSR count). The molecule has 0 amide bonds. The van der Waals surface area contributed by atoms with Gasteiger partial charge in [-0.05, 0) is 42.2 Å². The van der Waals surface area contributed by atoms with Crippen LogP contribution in [-0.4, -0.2) is 45.9 Å².